The van der Waals surface area contributed by atoms with Gasteiger partial charge in [-0.25, -0.2) is 9.98 Å². The normalized spacial score (nSPS) is 28.5. The molecule has 1 fully saturated rings. The molecular weight excluding hydrogens is 436 g/mol. The van der Waals surface area contributed by atoms with Crippen molar-refractivity contribution in [2.45, 2.75) is 44.4 Å². The van der Waals surface area contributed by atoms with Crippen molar-refractivity contribution in [2.24, 2.45) is 15.0 Å². The Morgan fingerprint density at radius 3 is 3.00 bits per heavy atom. The van der Waals surface area contributed by atoms with Gasteiger partial charge in [-0.1, -0.05) is 13.0 Å². The number of morpholine rings is 1. The first-order chi connectivity index (χ1) is 16.1. The molecule has 0 amide bonds. The van der Waals surface area contributed by atoms with E-state index in [1.165, 1.54) is 5.69 Å². The van der Waals surface area contributed by atoms with Gasteiger partial charge in [0, 0.05) is 30.1 Å². The van der Waals surface area contributed by atoms with Gasteiger partial charge in [0.15, 0.2) is 5.54 Å². The first-order valence-corrected chi connectivity index (χ1v) is 12.4. The van der Waals surface area contributed by atoms with E-state index in [1.54, 1.807) is 11.3 Å². The van der Waals surface area contributed by atoms with Gasteiger partial charge in [-0.3, -0.25) is 15.2 Å². The van der Waals surface area contributed by atoms with E-state index in [0.29, 0.717) is 25.7 Å². The number of fused-ring (bicyclic) bond motifs is 2. The summed E-state index contributed by atoms with van der Waals surface area (Å²) in [5, 5.41) is 7.82. The summed E-state index contributed by atoms with van der Waals surface area (Å²) in [5.74, 6) is 3.02. The number of imidazole rings is 1. The summed E-state index contributed by atoms with van der Waals surface area (Å²) in [6.45, 7) is 7.86. The van der Waals surface area contributed by atoms with Crippen molar-refractivity contribution >= 4 is 41.2 Å². The lowest BCUT2D eigenvalue weighted by molar-refractivity contribution is 0.0670. The Balaban J connectivity index is 1.29. The number of hydrogen-bond donors (Lipinski definition) is 2. The van der Waals surface area contributed by atoms with E-state index < -0.39 is 5.54 Å². The summed E-state index contributed by atoms with van der Waals surface area (Å²) in [5.41, 5.74) is 2.73. The summed E-state index contributed by atoms with van der Waals surface area (Å²) in [7, 11) is 0. The molecule has 2 aromatic rings. The number of aliphatic imine (C=N–C) groups is 3. The largest absolute Gasteiger partial charge is 0.378 e. The number of amidine groups is 1. The van der Waals surface area contributed by atoms with Crippen LogP contribution in [0.1, 0.15) is 43.4 Å². The lowest BCUT2D eigenvalue weighted by atomic mass is 9.96. The van der Waals surface area contributed by atoms with E-state index >= 15 is 0 Å². The Morgan fingerprint density at radius 2 is 2.21 bits per heavy atom. The van der Waals surface area contributed by atoms with Gasteiger partial charge in [0.1, 0.15) is 17.8 Å². The van der Waals surface area contributed by atoms with Crippen LogP contribution in [0.2, 0.25) is 0 Å². The number of hydrogen-bond acceptors (Lipinski definition) is 9. The molecule has 9 nitrogen and oxygen atoms in total. The number of anilines is 1. The highest BCUT2D eigenvalue weighted by Gasteiger charge is 2.48. The number of aromatic amines is 1. The molecule has 172 valence electrons. The van der Waals surface area contributed by atoms with Gasteiger partial charge < -0.3 is 14.6 Å². The van der Waals surface area contributed by atoms with E-state index in [1.807, 2.05) is 6.34 Å². The number of nitrogens with one attached hydrogen (secondary N) is 2. The molecule has 5 heterocycles. The van der Waals surface area contributed by atoms with Crippen LogP contribution in [0.4, 0.5) is 5.69 Å². The lowest BCUT2D eigenvalue weighted by Crippen LogP contribution is -2.57. The number of aromatic nitrogens is 2. The summed E-state index contributed by atoms with van der Waals surface area (Å²) in [6.07, 6.45) is 6.96. The maximum absolute atomic E-state index is 5.55. The van der Waals surface area contributed by atoms with Crippen molar-refractivity contribution in [1.82, 2.24) is 20.2 Å². The fourth-order valence-electron chi connectivity index (χ4n) is 4.74. The minimum atomic E-state index is -0.600. The van der Waals surface area contributed by atoms with Crippen LogP contribution in [0.3, 0.4) is 0 Å². The summed E-state index contributed by atoms with van der Waals surface area (Å²) >= 11 is 1.67. The predicted molar refractivity (Wildman–Crippen MR) is 132 cm³/mol. The number of ether oxygens (including phenoxy) is 1. The zero-order chi connectivity index (χ0) is 22.4. The maximum atomic E-state index is 5.55. The van der Waals surface area contributed by atoms with Crippen LogP contribution in [0.25, 0.3) is 6.08 Å². The fourth-order valence-corrected chi connectivity index (χ4v) is 5.36. The highest BCUT2D eigenvalue weighted by Crippen LogP contribution is 2.34. The molecule has 2 aromatic heterocycles. The average Bonchev–Trinajstić information content (AvgIpc) is 3.57. The van der Waals surface area contributed by atoms with Crippen molar-refractivity contribution in [1.29, 1.82) is 0 Å². The molecule has 1 saturated heterocycles. The summed E-state index contributed by atoms with van der Waals surface area (Å²) in [6, 6.07) is 2.09. The molecule has 0 bridgehead atoms. The Morgan fingerprint density at radius 1 is 1.33 bits per heavy atom. The number of allylic oxidation sites excluding steroid dienone is 1. The molecule has 0 saturated carbocycles. The Hall–Kier alpha value is -2.82. The van der Waals surface area contributed by atoms with Crippen molar-refractivity contribution < 1.29 is 4.74 Å². The molecule has 10 heteroatoms. The van der Waals surface area contributed by atoms with Crippen LogP contribution in [-0.4, -0.2) is 71.0 Å². The monoisotopic (exact) mass is 464 g/mol. The molecule has 0 radical (unpaired) electrons. The third-order valence-corrected chi connectivity index (χ3v) is 7.39. The van der Waals surface area contributed by atoms with E-state index in [2.05, 4.69) is 62.9 Å². The summed E-state index contributed by atoms with van der Waals surface area (Å²) in [4.78, 5) is 27.6. The number of nitrogens with zero attached hydrogens (tertiary/aromatic N) is 6. The molecule has 3 aliphatic heterocycles. The molecule has 4 aliphatic rings. The maximum Gasteiger partial charge on any atom is 0.224 e. The Bertz CT molecular complexity index is 1140. The van der Waals surface area contributed by atoms with Crippen LogP contribution < -0.4 is 10.2 Å². The highest BCUT2D eigenvalue weighted by molar-refractivity contribution is 7.08. The SMILES string of the molecule is CC1CC=Cc2nc(CNC3N=C(N4CCOCC4)N=C4N(c5ccsc5)C=N[C@]43C)[nH]c21. The van der Waals surface area contributed by atoms with E-state index in [4.69, 9.17) is 24.7 Å². The second-order valence-corrected chi connectivity index (χ2v) is 9.79. The zero-order valence-corrected chi connectivity index (χ0v) is 19.7. The van der Waals surface area contributed by atoms with E-state index in [9.17, 15) is 0 Å². The third-order valence-electron chi connectivity index (χ3n) is 6.71. The Kier molecular flexibility index (Phi) is 5.16. The van der Waals surface area contributed by atoms with Gasteiger partial charge in [0.05, 0.1) is 37.5 Å². The standard InChI is InChI=1S/C23H28N8OS/c1-15-4-3-5-17-19(15)27-18(26-17)12-24-20-23(2)21(31(14-25-23)16-6-11-33-13-16)29-22(28-20)30-7-9-32-10-8-30/h3,5-6,11,13-15,20,24H,4,7-10,12H2,1-2H3,(H,26,27)/t15?,20?,23-/m0/s1. The van der Waals surface area contributed by atoms with Crippen LogP contribution in [-0.2, 0) is 11.3 Å². The first kappa shape index (κ1) is 20.8. The third kappa shape index (κ3) is 3.62. The molecule has 3 atom stereocenters. The van der Waals surface area contributed by atoms with Crippen LogP contribution >= 0.6 is 11.3 Å². The minimum Gasteiger partial charge on any atom is -0.378 e. The molecule has 1 aliphatic carbocycles. The molecule has 0 spiro atoms. The molecular formula is C23H28N8OS. The molecule has 0 aromatic carbocycles. The van der Waals surface area contributed by atoms with Gasteiger partial charge in [-0.2, -0.15) is 16.3 Å². The van der Waals surface area contributed by atoms with Gasteiger partial charge in [0.25, 0.3) is 0 Å². The van der Waals surface area contributed by atoms with Crippen molar-refractivity contribution in [3.05, 3.63) is 40.1 Å². The second kappa shape index (κ2) is 8.19. The molecule has 33 heavy (non-hydrogen) atoms. The van der Waals surface area contributed by atoms with Crippen molar-refractivity contribution in [3.8, 4) is 0 Å². The zero-order valence-electron chi connectivity index (χ0n) is 18.9. The number of thiophene rings is 1. The highest BCUT2D eigenvalue weighted by atomic mass is 32.1. The second-order valence-electron chi connectivity index (χ2n) is 9.01. The summed E-state index contributed by atoms with van der Waals surface area (Å²) < 4.78 is 5.55. The van der Waals surface area contributed by atoms with Gasteiger partial charge in [-0.15, -0.1) is 0 Å². The molecule has 6 rings (SSSR count). The quantitative estimate of drug-likeness (QED) is 0.726. The predicted octanol–water partition coefficient (Wildman–Crippen LogP) is 2.81. The van der Waals surface area contributed by atoms with Crippen LogP contribution in [0.5, 0.6) is 0 Å². The van der Waals surface area contributed by atoms with Crippen LogP contribution in [0, 0.1) is 0 Å². The van der Waals surface area contributed by atoms with E-state index in [-0.39, 0.29) is 6.17 Å². The fraction of sp³-hybridized carbons (Fsp3) is 0.478. The topological polar surface area (TPSA) is 93.5 Å². The van der Waals surface area contributed by atoms with Gasteiger partial charge in [0.2, 0.25) is 5.96 Å². The first-order valence-electron chi connectivity index (χ1n) is 11.5. The van der Waals surface area contributed by atoms with Gasteiger partial charge >= 0.3 is 0 Å². The van der Waals surface area contributed by atoms with Crippen molar-refractivity contribution in [3.63, 3.8) is 0 Å². The van der Waals surface area contributed by atoms with Crippen LogP contribution in [0.15, 0.2) is 37.9 Å². The lowest BCUT2D eigenvalue weighted by Gasteiger charge is -2.37. The Labute approximate surface area is 197 Å². The molecule has 2 unspecified atom stereocenters. The number of rotatable bonds is 4. The minimum absolute atomic E-state index is 0.266. The smallest absolute Gasteiger partial charge is 0.224 e. The number of H-pyrrole nitrogens is 1. The average molecular weight is 465 g/mol. The number of guanidine groups is 1. The molecule has 2 N–H and O–H groups in total. The van der Waals surface area contributed by atoms with E-state index in [0.717, 1.165) is 48.5 Å². The van der Waals surface area contributed by atoms with Crippen molar-refractivity contribution in [2.75, 3.05) is 31.2 Å². The van der Waals surface area contributed by atoms with Gasteiger partial charge in [-0.05, 0) is 30.9 Å².